The van der Waals surface area contributed by atoms with Gasteiger partial charge in [0.25, 0.3) is 0 Å². The quantitative estimate of drug-likeness (QED) is 0.759. The van der Waals surface area contributed by atoms with Crippen LogP contribution in [0.1, 0.15) is 44.5 Å². The van der Waals surface area contributed by atoms with Crippen LogP contribution >= 0.6 is 0 Å². The number of pyridine rings is 2. The number of fused-ring (bicyclic) bond motifs is 3. The lowest BCUT2D eigenvalue weighted by Gasteiger charge is -2.45. The van der Waals surface area contributed by atoms with E-state index in [2.05, 4.69) is 33.9 Å². The summed E-state index contributed by atoms with van der Waals surface area (Å²) >= 11 is 0. The van der Waals surface area contributed by atoms with Crippen molar-refractivity contribution in [2.75, 3.05) is 13.1 Å². The first kappa shape index (κ1) is 16.5. The first-order chi connectivity index (χ1) is 13.7. The molecular weight excluding hydrogens is 350 g/mol. The van der Waals surface area contributed by atoms with Gasteiger partial charge in [-0.1, -0.05) is 0 Å². The van der Waals surface area contributed by atoms with E-state index in [1.807, 2.05) is 18.3 Å². The van der Waals surface area contributed by atoms with Crippen LogP contribution < -0.4 is 10.1 Å². The molecule has 1 spiro atoms. The number of hydrogen-bond donors (Lipinski definition) is 1. The number of rotatable bonds is 3. The third-order valence-corrected chi connectivity index (χ3v) is 6.99. The van der Waals surface area contributed by atoms with Gasteiger partial charge in [-0.15, -0.1) is 0 Å². The third-order valence-electron chi connectivity index (χ3n) is 6.99. The molecule has 1 saturated carbocycles. The van der Waals surface area contributed by atoms with Crippen molar-refractivity contribution in [2.24, 2.45) is 5.41 Å². The number of nitrogens with zero attached hydrogens (tertiary/aromatic N) is 4. The Morgan fingerprint density at radius 1 is 1.18 bits per heavy atom. The van der Waals surface area contributed by atoms with E-state index in [1.165, 1.54) is 12.8 Å². The molecule has 144 valence electrons. The van der Waals surface area contributed by atoms with Crippen LogP contribution in [0.3, 0.4) is 0 Å². The highest BCUT2D eigenvalue weighted by atomic mass is 16.5. The van der Waals surface area contributed by atoms with Crippen LogP contribution in [0, 0.1) is 5.41 Å². The van der Waals surface area contributed by atoms with E-state index < -0.39 is 0 Å². The van der Waals surface area contributed by atoms with Gasteiger partial charge in [0.1, 0.15) is 17.4 Å². The minimum absolute atomic E-state index is 0.277. The molecule has 0 bridgehead atoms. The van der Waals surface area contributed by atoms with Crippen LogP contribution in [0.25, 0.3) is 22.4 Å². The largest absolute Gasteiger partial charge is 0.474 e. The van der Waals surface area contributed by atoms with Crippen molar-refractivity contribution >= 4 is 11.2 Å². The molecule has 0 amide bonds. The molecule has 3 atom stereocenters. The third kappa shape index (κ3) is 2.40. The molecule has 2 unspecified atom stereocenters. The molecule has 3 aromatic rings. The number of ether oxygens (including phenoxy) is 1. The van der Waals surface area contributed by atoms with E-state index in [9.17, 15) is 0 Å². The first-order valence-electron chi connectivity index (χ1n) is 10.4. The highest BCUT2D eigenvalue weighted by molar-refractivity contribution is 5.76. The van der Waals surface area contributed by atoms with E-state index >= 15 is 0 Å². The molecule has 6 heteroatoms. The number of imidazole rings is 1. The van der Waals surface area contributed by atoms with Crippen LogP contribution in [0.5, 0.6) is 5.88 Å². The van der Waals surface area contributed by atoms with Gasteiger partial charge in [0.2, 0.25) is 5.88 Å². The predicted molar refractivity (Wildman–Crippen MR) is 107 cm³/mol. The number of aromatic nitrogens is 4. The summed E-state index contributed by atoms with van der Waals surface area (Å²) in [5.41, 5.74) is 4.30. The maximum atomic E-state index is 6.32. The van der Waals surface area contributed by atoms with Gasteiger partial charge in [0.15, 0.2) is 5.65 Å². The predicted octanol–water partition coefficient (Wildman–Crippen LogP) is 3.52. The Balaban J connectivity index is 1.32. The van der Waals surface area contributed by atoms with E-state index in [-0.39, 0.29) is 6.10 Å². The highest BCUT2D eigenvalue weighted by Crippen LogP contribution is 2.47. The number of nitrogens with one attached hydrogen (secondary N) is 1. The van der Waals surface area contributed by atoms with Gasteiger partial charge in [-0.3, -0.25) is 0 Å². The maximum absolute atomic E-state index is 6.32. The molecule has 1 aliphatic carbocycles. The van der Waals surface area contributed by atoms with Crippen molar-refractivity contribution in [1.29, 1.82) is 0 Å². The molecule has 3 aromatic heterocycles. The van der Waals surface area contributed by atoms with Crippen LogP contribution in [0.2, 0.25) is 0 Å². The maximum Gasteiger partial charge on any atom is 0.214 e. The average Bonchev–Trinajstić information content (AvgIpc) is 3.42. The monoisotopic (exact) mass is 375 g/mol. The summed E-state index contributed by atoms with van der Waals surface area (Å²) in [5.74, 6) is 1.87. The Labute approximate surface area is 164 Å². The molecule has 6 rings (SSSR count). The average molecular weight is 375 g/mol. The number of aryl methyl sites for hydroxylation is 1. The van der Waals surface area contributed by atoms with Crippen molar-refractivity contribution in [2.45, 2.75) is 51.2 Å². The molecule has 0 aromatic carbocycles. The van der Waals surface area contributed by atoms with E-state index in [0.717, 1.165) is 60.6 Å². The lowest BCUT2D eigenvalue weighted by atomic mass is 9.65. The number of hydrogen-bond acceptors (Lipinski definition) is 5. The summed E-state index contributed by atoms with van der Waals surface area (Å²) in [4.78, 5) is 14.2. The molecule has 0 radical (unpaired) electrons. The summed E-state index contributed by atoms with van der Waals surface area (Å²) in [5, 5.41) is 3.49. The minimum atomic E-state index is 0.277. The van der Waals surface area contributed by atoms with Crippen LogP contribution in [-0.4, -0.2) is 38.7 Å². The zero-order valence-corrected chi connectivity index (χ0v) is 16.2. The van der Waals surface area contributed by atoms with E-state index in [0.29, 0.717) is 17.3 Å². The lowest BCUT2D eigenvalue weighted by Crippen LogP contribution is -2.49. The second kappa shape index (κ2) is 6.01. The van der Waals surface area contributed by atoms with Crippen LogP contribution in [0.15, 0.2) is 30.5 Å². The topological polar surface area (TPSA) is 64.9 Å². The van der Waals surface area contributed by atoms with Gasteiger partial charge in [0, 0.05) is 42.2 Å². The Morgan fingerprint density at radius 3 is 2.96 bits per heavy atom. The van der Waals surface area contributed by atoms with Crippen LogP contribution in [0.4, 0.5) is 0 Å². The van der Waals surface area contributed by atoms with Gasteiger partial charge >= 0.3 is 0 Å². The van der Waals surface area contributed by atoms with Crippen molar-refractivity contribution in [3.05, 3.63) is 36.3 Å². The van der Waals surface area contributed by atoms with Crippen molar-refractivity contribution in [1.82, 2.24) is 24.8 Å². The molecule has 6 nitrogen and oxygen atoms in total. The lowest BCUT2D eigenvalue weighted by molar-refractivity contribution is -0.0337. The summed E-state index contributed by atoms with van der Waals surface area (Å²) in [6.45, 7) is 4.42. The van der Waals surface area contributed by atoms with Crippen molar-refractivity contribution in [3.8, 4) is 17.1 Å². The van der Waals surface area contributed by atoms with Crippen molar-refractivity contribution in [3.63, 3.8) is 0 Å². The molecule has 5 heterocycles. The Bertz CT molecular complexity index is 1050. The molecule has 28 heavy (non-hydrogen) atoms. The van der Waals surface area contributed by atoms with E-state index in [1.54, 1.807) is 0 Å². The van der Waals surface area contributed by atoms with Crippen molar-refractivity contribution < 1.29 is 4.74 Å². The van der Waals surface area contributed by atoms with Gasteiger partial charge in [-0.2, -0.15) is 0 Å². The SMILES string of the molecule is C[C@H]1CCc2nc3ccc(-c4ccnc(OC5CCC56CCNC6)c4)nc3n21. The molecule has 2 fully saturated rings. The second-order valence-electron chi connectivity index (χ2n) is 8.64. The zero-order valence-electron chi connectivity index (χ0n) is 16.2. The molecular formula is C22H25N5O. The van der Waals surface area contributed by atoms with Crippen LogP contribution in [-0.2, 0) is 6.42 Å². The highest BCUT2D eigenvalue weighted by Gasteiger charge is 2.50. The van der Waals surface area contributed by atoms with E-state index in [4.69, 9.17) is 14.7 Å². The van der Waals surface area contributed by atoms with Gasteiger partial charge in [-0.25, -0.2) is 15.0 Å². The fourth-order valence-electron chi connectivity index (χ4n) is 5.17. The van der Waals surface area contributed by atoms with Gasteiger partial charge < -0.3 is 14.6 Å². The van der Waals surface area contributed by atoms with Gasteiger partial charge in [-0.05, 0) is 57.4 Å². The summed E-state index contributed by atoms with van der Waals surface area (Å²) < 4.78 is 8.61. The Hall–Kier alpha value is -2.47. The minimum Gasteiger partial charge on any atom is -0.474 e. The Kier molecular flexibility index (Phi) is 3.54. The zero-order chi connectivity index (χ0) is 18.7. The molecule has 1 saturated heterocycles. The summed E-state index contributed by atoms with van der Waals surface area (Å²) in [6.07, 6.45) is 7.89. The summed E-state index contributed by atoms with van der Waals surface area (Å²) in [6, 6.07) is 8.66. The Morgan fingerprint density at radius 2 is 2.14 bits per heavy atom. The first-order valence-corrected chi connectivity index (χ1v) is 10.4. The smallest absolute Gasteiger partial charge is 0.214 e. The standard InChI is InChI=1S/C22H25N5O/c1-14-2-5-19-25-17-4-3-16(26-21(17)27(14)19)15-7-10-24-20(12-15)28-18-6-8-22(18)9-11-23-13-22/h3-4,7,10,12,14,18,23H,2,5-6,8-9,11,13H2,1H3/t14-,18?,22?/m0/s1. The fraction of sp³-hybridized carbons (Fsp3) is 0.500. The molecule has 3 aliphatic rings. The summed E-state index contributed by atoms with van der Waals surface area (Å²) in [7, 11) is 0. The van der Waals surface area contributed by atoms with Gasteiger partial charge in [0.05, 0.1) is 5.69 Å². The fourth-order valence-corrected chi connectivity index (χ4v) is 5.17. The second-order valence-corrected chi connectivity index (χ2v) is 8.64. The molecule has 2 aliphatic heterocycles. The normalized spacial score (nSPS) is 28.6. The molecule has 1 N–H and O–H groups in total.